The van der Waals surface area contributed by atoms with Gasteiger partial charge in [-0.15, -0.1) is 0 Å². The van der Waals surface area contributed by atoms with E-state index in [1.807, 2.05) is 49.4 Å². The molecule has 1 heterocycles. The van der Waals surface area contributed by atoms with Gasteiger partial charge >= 0.3 is 0 Å². The molecule has 5 heteroatoms. The van der Waals surface area contributed by atoms with Gasteiger partial charge in [-0.3, -0.25) is 0 Å². The first-order valence-corrected chi connectivity index (χ1v) is 9.57. The van der Waals surface area contributed by atoms with Crippen molar-refractivity contribution in [2.24, 2.45) is 4.36 Å². The third-order valence-corrected chi connectivity index (χ3v) is 6.55. The van der Waals surface area contributed by atoms with Gasteiger partial charge in [-0.05, 0) is 54.3 Å². The van der Waals surface area contributed by atoms with Gasteiger partial charge in [0, 0.05) is 17.2 Å². The number of methoxy groups -OCH3 is 1. The summed E-state index contributed by atoms with van der Waals surface area (Å²) >= 11 is 0. The minimum absolute atomic E-state index is 0.169. The minimum Gasteiger partial charge on any atom is -0.504 e. The molecule has 0 aromatic heterocycles. The van der Waals surface area contributed by atoms with E-state index in [0.29, 0.717) is 18.0 Å². The number of phenols is 1. The average molecular weight is 343 g/mol. The molecule has 0 bridgehead atoms. The van der Waals surface area contributed by atoms with Crippen molar-refractivity contribution < 1.29 is 14.1 Å². The summed E-state index contributed by atoms with van der Waals surface area (Å²) < 4.78 is 22.0. The van der Waals surface area contributed by atoms with Crippen LogP contribution in [0.4, 0.5) is 0 Å². The molecule has 24 heavy (non-hydrogen) atoms. The zero-order valence-corrected chi connectivity index (χ0v) is 14.7. The Bertz CT molecular complexity index is 892. The number of nitrogens with zero attached hydrogens (tertiary/aromatic N) is 1. The van der Waals surface area contributed by atoms with E-state index in [-0.39, 0.29) is 5.75 Å². The number of ether oxygens (including phenoxy) is 1. The molecule has 1 aliphatic heterocycles. The predicted octanol–water partition coefficient (Wildman–Crippen LogP) is 4.11. The maximum Gasteiger partial charge on any atom is 0.161 e. The van der Waals surface area contributed by atoms with Gasteiger partial charge in [0.1, 0.15) is 0 Å². The Kier molecular flexibility index (Phi) is 4.62. The van der Waals surface area contributed by atoms with E-state index < -0.39 is 9.73 Å². The summed E-state index contributed by atoms with van der Waals surface area (Å²) in [4.78, 5) is 0.819. The number of rotatable bonds is 4. The summed E-state index contributed by atoms with van der Waals surface area (Å²) in [6.45, 7) is 2.54. The molecule has 126 valence electrons. The first-order valence-electron chi connectivity index (χ1n) is 7.88. The van der Waals surface area contributed by atoms with Gasteiger partial charge in [-0.2, -0.15) is 0 Å². The van der Waals surface area contributed by atoms with Gasteiger partial charge < -0.3 is 9.84 Å². The van der Waals surface area contributed by atoms with Crippen LogP contribution in [0.15, 0.2) is 45.7 Å². The Morgan fingerprint density at radius 1 is 1.17 bits per heavy atom. The lowest BCUT2D eigenvalue weighted by Gasteiger charge is -2.07. The van der Waals surface area contributed by atoms with Crippen molar-refractivity contribution in [1.82, 2.24) is 0 Å². The molecule has 0 aliphatic carbocycles. The molecule has 0 saturated carbocycles. The smallest absolute Gasteiger partial charge is 0.161 e. The van der Waals surface area contributed by atoms with Crippen molar-refractivity contribution in [3.63, 3.8) is 0 Å². The third kappa shape index (κ3) is 3.31. The average Bonchev–Trinajstić information content (AvgIpc) is 3.04. The minimum atomic E-state index is -2.18. The van der Waals surface area contributed by atoms with Crippen LogP contribution in [0.3, 0.4) is 0 Å². The van der Waals surface area contributed by atoms with E-state index in [2.05, 4.69) is 4.36 Å². The number of benzene rings is 2. The van der Waals surface area contributed by atoms with Crippen LogP contribution in [0.5, 0.6) is 11.5 Å². The van der Waals surface area contributed by atoms with Gasteiger partial charge in [-0.25, -0.2) is 8.57 Å². The van der Waals surface area contributed by atoms with Crippen LogP contribution in [-0.4, -0.2) is 28.7 Å². The lowest BCUT2D eigenvalue weighted by atomic mass is 10.1. The summed E-state index contributed by atoms with van der Waals surface area (Å²) in [5.74, 6) is 1.29. The monoisotopic (exact) mass is 343 g/mol. The highest BCUT2D eigenvalue weighted by Crippen LogP contribution is 2.31. The number of hydrogen-bond donors (Lipinski definition) is 1. The molecule has 0 amide bonds. The fourth-order valence-electron chi connectivity index (χ4n) is 2.74. The van der Waals surface area contributed by atoms with Gasteiger partial charge in [-0.1, -0.05) is 24.3 Å². The summed E-state index contributed by atoms with van der Waals surface area (Å²) in [6.07, 6.45) is 4.85. The summed E-state index contributed by atoms with van der Waals surface area (Å²) in [6, 6.07) is 11.4. The summed E-state index contributed by atoms with van der Waals surface area (Å²) in [5.41, 5.74) is 2.73. The summed E-state index contributed by atoms with van der Waals surface area (Å²) in [5, 5.41) is 9.88. The highest BCUT2D eigenvalue weighted by molar-refractivity contribution is 7.93. The van der Waals surface area contributed by atoms with Crippen LogP contribution in [0, 0.1) is 6.92 Å². The topological polar surface area (TPSA) is 58.9 Å². The maximum absolute atomic E-state index is 12.6. The van der Waals surface area contributed by atoms with E-state index in [1.165, 1.54) is 7.11 Å². The fourth-order valence-corrected chi connectivity index (χ4v) is 4.76. The van der Waals surface area contributed by atoms with Crippen LogP contribution in [-0.2, 0) is 9.73 Å². The first-order chi connectivity index (χ1) is 11.5. The fraction of sp³-hybridized carbons (Fsp3) is 0.263. The van der Waals surface area contributed by atoms with Crippen molar-refractivity contribution in [1.29, 1.82) is 0 Å². The largest absolute Gasteiger partial charge is 0.504 e. The normalized spacial score (nSPS) is 20.2. The van der Waals surface area contributed by atoms with Crippen LogP contribution in [0.1, 0.15) is 23.1 Å². The Balaban J connectivity index is 1.83. The van der Waals surface area contributed by atoms with Crippen LogP contribution in [0.2, 0.25) is 0 Å². The van der Waals surface area contributed by atoms with Crippen molar-refractivity contribution >= 4 is 21.9 Å². The molecule has 4 nitrogen and oxygen atoms in total. The maximum atomic E-state index is 12.6. The molecule has 1 N–H and O–H groups in total. The lowest BCUT2D eigenvalue weighted by molar-refractivity contribution is 0.371. The molecule has 1 atom stereocenters. The second-order valence-corrected chi connectivity index (χ2v) is 8.26. The third-order valence-electron chi connectivity index (χ3n) is 4.10. The number of aromatic hydroxyl groups is 1. The number of aryl methyl sites for hydroxylation is 1. The Morgan fingerprint density at radius 3 is 2.50 bits per heavy atom. The molecular weight excluding hydrogens is 322 g/mol. The van der Waals surface area contributed by atoms with Crippen molar-refractivity contribution in [2.45, 2.75) is 18.2 Å². The van der Waals surface area contributed by atoms with E-state index in [9.17, 15) is 9.32 Å². The van der Waals surface area contributed by atoms with Crippen LogP contribution >= 0.6 is 0 Å². The Hall–Kier alpha value is -2.27. The molecule has 3 rings (SSSR count). The van der Waals surface area contributed by atoms with E-state index >= 15 is 0 Å². The van der Waals surface area contributed by atoms with Crippen LogP contribution in [0.25, 0.3) is 12.2 Å². The van der Waals surface area contributed by atoms with Crippen LogP contribution < -0.4 is 4.74 Å². The molecule has 2 aromatic carbocycles. The first kappa shape index (κ1) is 16.6. The lowest BCUT2D eigenvalue weighted by Crippen LogP contribution is -2.00. The highest BCUT2D eigenvalue weighted by Gasteiger charge is 2.16. The molecule has 0 spiro atoms. The Morgan fingerprint density at radius 2 is 1.88 bits per heavy atom. The molecule has 0 saturated heterocycles. The molecule has 0 fully saturated rings. The Labute approximate surface area is 143 Å². The SMILES string of the molecule is COc1cc(/C=C/c2ccc(S3(=O)=NCCC3)cc2)cc(C)c1O. The van der Waals surface area contributed by atoms with Gasteiger partial charge in [0.25, 0.3) is 0 Å². The van der Waals surface area contributed by atoms with Gasteiger partial charge in [0.05, 0.1) is 16.8 Å². The molecular formula is C19H21NO3S. The quantitative estimate of drug-likeness (QED) is 0.850. The molecule has 0 radical (unpaired) electrons. The van der Waals surface area contributed by atoms with Gasteiger partial charge in [0.2, 0.25) is 0 Å². The van der Waals surface area contributed by atoms with E-state index in [1.54, 1.807) is 6.07 Å². The van der Waals surface area contributed by atoms with Crippen molar-refractivity contribution in [3.8, 4) is 11.5 Å². The molecule has 1 unspecified atom stereocenters. The van der Waals surface area contributed by atoms with Crippen molar-refractivity contribution in [2.75, 3.05) is 19.4 Å². The zero-order valence-electron chi connectivity index (χ0n) is 13.9. The zero-order chi connectivity index (χ0) is 17.2. The number of hydrogen-bond acceptors (Lipinski definition) is 4. The van der Waals surface area contributed by atoms with Gasteiger partial charge in [0.15, 0.2) is 11.5 Å². The predicted molar refractivity (Wildman–Crippen MR) is 98.0 cm³/mol. The second kappa shape index (κ2) is 6.69. The molecule has 1 aliphatic rings. The van der Waals surface area contributed by atoms with E-state index in [0.717, 1.165) is 28.0 Å². The highest BCUT2D eigenvalue weighted by atomic mass is 32.2. The second-order valence-electron chi connectivity index (χ2n) is 5.84. The summed E-state index contributed by atoms with van der Waals surface area (Å²) in [7, 11) is -0.642. The number of phenolic OH excluding ortho intramolecular Hbond substituents is 1. The van der Waals surface area contributed by atoms with Crippen molar-refractivity contribution in [3.05, 3.63) is 53.1 Å². The van der Waals surface area contributed by atoms with E-state index in [4.69, 9.17) is 4.74 Å². The standard InChI is InChI=1S/C19H21NO3S/c1-14-12-16(13-18(23-2)19(14)21)5-4-15-6-8-17(9-7-15)24(22)11-3-10-20-24/h4-9,12-13,21H,3,10-11H2,1-2H3/b5-4+. The molecule has 2 aromatic rings.